The summed E-state index contributed by atoms with van der Waals surface area (Å²) >= 11 is 0. The molecule has 0 aromatic carbocycles. The van der Waals surface area contributed by atoms with E-state index in [9.17, 15) is 0 Å². The van der Waals surface area contributed by atoms with Crippen LogP contribution in [-0.2, 0) is 11.2 Å². The number of aromatic amines is 1. The summed E-state index contributed by atoms with van der Waals surface area (Å²) in [5.41, 5.74) is 0.800. The zero-order valence-corrected chi connectivity index (χ0v) is 5.74. The second kappa shape index (κ2) is 3.34. The first kappa shape index (κ1) is 7.24. The lowest BCUT2D eigenvalue weighted by Gasteiger charge is -2.04. The highest BCUT2D eigenvalue weighted by Gasteiger charge is 2.03. The molecule has 0 aliphatic rings. The highest BCUT2D eigenvalue weighted by molar-refractivity contribution is 4.94. The summed E-state index contributed by atoms with van der Waals surface area (Å²) < 4.78 is 4.63. The summed E-state index contributed by atoms with van der Waals surface area (Å²) in [7, 11) is 1.46. The number of methoxy groups -OCH3 is 1. The van der Waals surface area contributed by atoms with Crippen molar-refractivity contribution < 1.29 is 9.84 Å². The second-order valence-electron chi connectivity index (χ2n) is 1.96. The molecule has 56 valence electrons. The Morgan fingerprint density at radius 1 is 1.90 bits per heavy atom. The molecule has 2 N–H and O–H groups in total. The number of aliphatic hydroxyl groups excluding tert-OH is 1. The first-order valence-electron chi connectivity index (χ1n) is 3.01. The number of aliphatic hydroxyl groups is 1. The highest BCUT2D eigenvalue weighted by atomic mass is 16.6. The Bertz CT molecular complexity index is 174. The van der Waals surface area contributed by atoms with Gasteiger partial charge in [-0.05, 0) is 0 Å². The Hall–Kier alpha value is -0.870. The second-order valence-corrected chi connectivity index (χ2v) is 1.96. The molecule has 0 saturated carbocycles. The standard InChI is InChI=1S/C6H10N2O2/c1-10-6(9)2-5-3-7-4-8-5/h3-4,6,9H,2H2,1H3,(H,7,8). The van der Waals surface area contributed by atoms with Crippen LogP contribution >= 0.6 is 0 Å². The average molecular weight is 142 g/mol. The number of rotatable bonds is 3. The van der Waals surface area contributed by atoms with Gasteiger partial charge in [-0.3, -0.25) is 0 Å². The third kappa shape index (κ3) is 1.82. The zero-order valence-electron chi connectivity index (χ0n) is 5.74. The van der Waals surface area contributed by atoms with Crippen molar-refractivity contribution in [2.45, 2.75) is 12.7 Å². The van der Waals surface area contributed by atoms with E-state index < -0.39 is 6.29 Å². The van der Waals surface area contributed by atoms with E-state index in [2.05, 4.69) is 14.7 Å². The van der Waals surface area contributed by atoms with Crippen LogP contribution in [0.15, 0.2) is 12.5 Å². The molecule has 0 aliphatic carbocycles. The Morgan fingerprint density at radius 3 is 3.20 bits per heavy atom. The van der Waals surface area contributed by atoms with E-state index in [1.165, 1.54) is 7.11 Å². The van der Waals surface area contributed by atoms with E-state index in [1.807, 2.05) is 0 Å². The maximum Gasteiger partial charge on any atom is 0.159 e. The van der Waals surface area contributed by atoms with Crippen molar-refractivity contribution in [2.75, 3.05) is 7.11 Å². The fourth-order valence-electron chi connectivity index (χ4n) is 0.665. The van der Waals surface area contributed by atoms with Gasteiger partial charge < -0.3 is 14.8 Å². The minimum Gasteiger partial charge on any atom is -0.368 e. The average Bonchev–Trinajstić information content (AvgIpc) is 2.40. The van der Waals surface area contributed by atoms with Gasteiger partial charge in [-0.1, -0.05) is 0 Å². The van der Waals surface area contributed by atoms with E-state index in [0.29, 0.717) is 6.42 Å². The number of aromatic nitrogens is 2. The van der Waals surface area contributed by atoms with Gasteiger partial charge in [-0.15, -0.1) is 0 Å². The van der Waals surface area contributed by atoms with Gasteiger partial charge in [0.1, 0.15) is 0 Å². The van der Waals surface area contributed by atoms with Crippen LogP contribution in [0, 0.1) is 0 Å². The quantitative estimate of drug-likeness (QED) is 0.580. The van der Waals surface area contributed by atoms with Crippen molar-refractivity contribution in [3.63, 3.8) is 0 Å². The first-order valence-corrected chi connectivity index (χ1v) is 3.01. The van der Waals surface area contributed by atoms with Gasteiger partial charge in [0, 0.05) is 19.7 Å². The molecule has 0 fully saturated rings. The summed E-state index contributed by atoms with van der Waals surface area (Å²) in [6.07, 6.45) is 2.98. The normalized spacial score (nSPS) is 13.4. The molecule has 1 unspecified atom stereocenters. The van der Waals surface area contributed by atoms with E-state index >= 15 is 0 Å². The van der Waals surface area contributed by atoms with E-state index in [1.54, 1.807) is 12.5 Å². The van der Waals surface area contributed by atoms with E-state index in [-0.39, 0.29) is 0 Å². The Morgan fingerprint density at radius 2 is 2.70 bits per heavy atom. The molecule has 0 spiro atoms. The van der Waals surface area contributed by atoms with Crippen LogP contribution < -0.4 is 0 Å². The Balaban J connectivity index is 2.40. The van der Waals surface area contributed by atoms with Crippen molar-refractivity contribution in [3.05, 3.63) is 18.2 Å². The van der Waals surface area contributed by atoms with Gasteiger partial charge in [0.25, 0.3) is 0 Å². The number of imidazole rings is 1. The van der Waals surface area contributed by atoms with Crippen LogP contribution in [-0.4, -0.2) is 28.5 Å². The Kier molecular flexibility index (Phi) is 2.42. The number of ether oxygens (including phenoxy) is 1. The highest BCUT2D eigenvalue weighted by Crippen LogP contribution is 1.97. The molecule has 4 heteroatoms. The molecule has 1 atom stereocenters. The summed E-state index contributed by atoms with van der Waals surface area (Å²) in [6, 6.07) is 0. The number of H-pyrrole nitrogens is 1. The monoisotopic (exact) mass is 142 g/mol. The number of nitrogens with zero attached hydrogens (tertiary/aromatic N) is 1. The van der Waals surface area contributed by atoms with E-state index in [4.69, 9.17) is 5.11 Å². The van der Waals surface area contributed by atoms with Gasteiger partial charge in [0.15, 0.2) is 6.29 Å². The molecule has 0 bridgehead atoms. The van der Waals surface area contributed by atoms with Crippen LogP contribution in [0.1, 0.15) is 5.69 Å². The van der Waals surface area contributed by atoms with Crippen molar-refractivity contribution >= 4 is 0 Å². The number of nitrogens with one attached hydrogen (secondary N) is 1. The topological polar surface area (TPSA) is 58.1 Å². The maximum absolute atomic E-state index is 8.95. The summed E-state index contributed by atoms with van der Waals surface area (Å²) in [5, 5.41) is 8.95. The van der Waals surface area contributed by atoms with Crippen molar-refractivity contribution in [2.24, 2.45) is 0 Å². The predicted octanol–water partition coefficient (Wildman–Crippen LogP) is -0.0830. The molecule has 1 aromatic rings. The zero-order chi connectivity index (χ0) is 7.40. The predicted molar refractivity (Wildman–Crippen MR) is 35.3 cm³/mol. The molecule has 1 rings (SSSR count). The molecule has 0 amide bonds. The van der Waals surface area contributed by atoms with Crippen LogP contribution in [0.2, 0.25) is 0 Å². The minimum absolute atomic E-state index is 0.431. The summed E-state index contributed by atoms with van der Waals surface area (Å²) in [4.78, 5) is 6.69. The lowest BCUT2D eigenvalue weighted by molar-refractivity contribution is -0.0725. The van der Waals surface area contributed by atoms with Crippen LogP contribution in [0.5, 0.6) is 0 Å². The fourth-order valence-corrected chi connectivity index (χ4v) is 0.665. The maximum atomic E-state index is 8.95. The number of hydrogen-bond donors (Lipinski definition) is 2. The third-order valence-corrected chi connectivity index (χ3v) is 1.21. The summed E-state index contributed by atoms with van der Waals surface area (Å²) in [6.45, 7) is 0. The molecule has 0 saturated heterocycles. The van der Waals surface area contributed by atoms with Crippen LogP contribution in [0.25, 0.3) is 0 Å². The molecule has 1 heterocycles. The smallest absolute Gasteiger partial charge is 0.159 e. The molecular weight excluding hydrogens is 132 g/mol. The largest absolute Gasteiger partial charge is 0.368 e. The van der Waals surface area contributed by atoms with Crippen molar-refractivity contribution in [1.29, 1.82) is 0 Å². The SMILES string of the molecule is COC(O)Cc1c[nH]cn1. The molecule has 0 radical (unpaired) electrons. The molecule has 10 heavy (non-hydrogen) atoms. The lowest BCUT2D eigenvalue weighted by atomic mass is 10.3. The molecule has 1 aromatic heterocycles. The van der Waals surface area contributed by atoms with Gasteiger partial charge in [-0.25, -0.2) is 4.98 Å². The van der Waals surface area contributed by atoms with Crippen molar-refractivity contribution in [3.8, 4) is 0 Å². The number of hydrogen-bond acceptors (Lipinski definition) is 3. The summed E-state index contributed by atoms with van der Waals surface area (Å²) in [5.74, 6) is 0. The van der Waals surface area contributed by atoms with Crippen molar-refractivity contribution in [1.82, 2.24) is 9.97 Å². The Labute approximate surface area is 58.9 Å². The first-order chi connectivity index (χ1) is 4.83. The van der Waals surface area contributed by atoms with Crippen LogP contribution in [0.4, 0.5) is 0 Å². The fraction of sp³-hybridized carbons (Fsp3) is 0.500. The van der Waals surface area contributed by atoms with Gasteiger partial charge in [-0.2, -0.15) is 0 Å². The minimum atomic E-state index is -0.747. The van der Waals surface area contributed by atoms with Crippen LogP contribution in [0.3, 0.4) is 0 Å². The third-order valence-electron chi connectivity index (χ3n) is 1.21. The van der Waals surface area contributed by atoms with E-state index in [0.717, 1.165) is 5.69 Å². The van der Waals surface area contributed by atoms with Gasteiger partial charge in [0.2, 0.25) is 0 Å². The molecule has 4 nitrogen and oxygen atoms in total. The van der Waals surface area contributed by atoms with Gasteiger partial charge in [0.05, 0.1) is 12.0 Å². The lowest BCUT2D eigenvalue weighted by Crippen LogP contribution is -2.12. The van der Waals surface area contributed by atoms with Gasteiger partial charge >= 0.3 is 0 Å². The molecule has 0 aliphatic heterocycles. The molecular formula is C6H10N2O2.